The minimum absolute atomic E-state index is 0.0340. The highest BCUT2D eigenvalue weighted by atomic mass is 16.4. The molecule has 0 aromatic carbocycles. The van der Waals surface area contributed by atoms with E-state index in [1.165, 1.54) is 0 Å². The first-order chi connectivity index (χ1) is 10.6. The zero-order valence-corrected chi connectivity index (χ0v) is 14.9. The highest BCUT2D eigenvalue weighted by Crippen LogP contribution is 2.24. The summed E-state index contributed by atoms with van der Waals surface area (Å²) in [5, 5.41) is 11.9. The van der Waals surface area contributed by atoms with Gasteiger partial charge in [-0.1, -0.05) is 41.0 Å². The number of rotatable bonds is 5. The number of nitrogens with zero attached hydrogens (tertiary/aromatic N) is 1. The molecule has 0 aromatic heterocycles. The van der Waals surface area contributed by atoms with Crippen LogP contribution in [0.1, 0.15) is 53.9 Å². The van der Waals surface area contributed by atoms with E-state index in [1.54, 1.807) is 4.90 Å². The van der Waals surface area contributed by atoms with Gasteiger partial charge < -0.3 is 15.3 Å². The van der Waals surface area contributed by atoms with Crippen LogP contribution < -0.4 is 5.32 Å². The van der Waals surface area contributed by atoms with Crippen molar-refractivity contribution in [3.8, 4) is 0 Å². The summed E-state index contributed by atoms with van der Waals surface area (Å²) in [6, 6.07) is -0.874. The molecule has 6 heteroatoms. The lowest BCUT2D eigenvalue weighted by molar-refractivity contribution is -0.146. The second-order valence-corrected chi connectivity index (χ2v) is 7.55. The number of piperidine rings is 1. The van der Waals surface area contributed by atoms with E-state index in [9.17, 15) is 19.5 Å². The normalized spacial score (nSPS) is 21.4. The molecule has 0 bridgehead atoms. The standard InChI is InChI=1S/C17H30N2O4/c1-6-11(2)13(15(21)22)18-14(20)12-8-7-9-19(10-12)16(23)17(3,4)5/h11-13H,6-10H2,1-5H3,(H,18,20)(H,21,22)/t11-,12?,13-/m0/s1. The van der Waals surface area contributed by atoms with Gasteiger partial charge in [0.05, 0.1) is 5.92 Å². The lowest BCUT2D eigenvalue weighted by Gasteiger charge is -2.36. The van der Waals surface area contributed by atoms with Gasteiger partial charge in [-0.3, -0.25) is 9.59 Å². The van der Waals surface area contributed by atoms with Crippen molar-refractivity contribution in [3.63, 3.8) is 0 Å². The summed E-state index contributed by atoms with van der Waals surface area (Å²) >= 11 is 0. The van der Waals surface area contributed by atoms with Gasteiger partial charge >= 0.3 is 5.97 Å². The van der Waals surface area contributed by atoms with Crippen molar-refractivity contribution >= 4 is 17.8 Å². The third-order valence-corrected chi connectivity index (χ3v) is 4.50. The molecule has 2 N–H and O–H groups in total. The molecule has 0 radical (unpaired) electrons. The minimum Gasteiger partial charge on any atom is -0.480 e. The SMILES string of the molecule is CC[C@H](C)[C@H](NC(=O)C1CCCN(C(=O)C(C)(C)C)C1)C(=O)O. The maximum atomic E-state index is 12.4. The number of carbonyl (C=O) groups is 3. The van der Waals surface area contributed by atoms with Crippen molar-refractivity contribution in [1.29, 1.82) is 0 Å². The molecule has 0 aromatic rings. The van der Waals surface area contributed by atoms with E-state index < -0.39 is 17.4 Å². The predicted octanol–water partition coefficient (Wildman–Crippen LogP) is 1.89. The first-order valence-corrected chi connectivity index (χ1v) is 8.40. The zero-order valence-electron chi connectivity index (χ0n) is 14.9. The van der Waals surface area contributed by atoms with E-state index in [1.807, 2.05) is 34.6 Å². The Bertz CT molecular complexity index is 456. The van der Waals surface area contributed by atoms with Crippen molar-refractivity contribution in [2.75, 3.05) is 13.1 Å². The fourth-order valence-electron chi connectivity index (χ4n) is 2.80. The minimum atomic E-state index is -1.01. The average molecular weight is 326 g/mol. The molecule has 1 saturated heterocycles. The maximum absolute atomic E-state index is 12.4. The number of likely N-dealkylation sites (tertiary alicyclic amines) is 1. The van der Waals surface area contributed by atoms with Crippen LogP contribution in [-0.4, -0.2) is 46.9 Å². The Morgan fingerprint density at radius 1 is 1.30 bits per heavy atom. The quantitative estimate of drug-likeness (QED) is 0.807. The van der Waals surface area contributed by atoms with Crippen LogP contribution in [0.3, 0.4) is 0 Å². The lowest BCUT2D eigenvalue weighted by Crippen LogP contribution is -2.52. The zero-order chi connectivity index (χ0) is 17.8. The second-order valence-electron chi connectivity index (χ2n) is 7.55. The smallest absolute Gasteiger partial charge is 0.326 e. The second kappa shape index (κ2) is 7.79. The van der Waals surface area contributed by atoms with Gasteiger partial charge in [0, 0.05) is 18.5 Å². The van der Waals surface area contributed by atoms with E-state index in [4.69, 9.17) is 0 Å². The Labute approximate surface area is 138 Å². The van der Waals surface area contributed by atoms with Gasteiger partial charge in [-0.2, -0.15) is 0 Å². The van der Waals surface area contributed by atoms with E-state index in [0.29, 0.717) is 25.9 Å². The summed E-state index contributed by atoms with van der Waals surface area (Å²) in [5.41, 5.74) is -0.474. The average Bonchev–Trinajstić information content (AvgIpc) is 2.49. The van der Waals surface area contributed by atoms with Crippen LogP contribution in [0.25, 0.3) is 0 Å². The van der Waals surface area contributed by atoms with Gasteiger partial charge in [0.25, 0.3) is 0 Å². The lowest BCUT2D eigenvalue weighted by atomic mass is 9.90. The van der Waals surface area contributed by atoms with E-state index in [2.05, 4.69) is 5.32 Å². The van der Waals surface area contributed by atoms with Gasteiger partial charge in [0.15, 0.2) is 0 Å². The molecule has 1 heterocycles. The fraction of sp³-hybridized carbons (Fsp3) is 0.824. The summed E-state index contributed by atoms with van der Waals surface area (Å²) in [4.78, 5) is 37.9. The van der Waals surface area contributed by atoms with Crippen LogP contribution in [0.4, 0.5) is 0 Å². The third-order valence-electron chi connectivity index (χ3n) is 4.50. The summed E-state index contributed by atoms with van der Waals surface area (Å²) in [6.07, 6.45) is 2.13. The number of nitrogens with one attached hydrogen (secondary N) is 1. The van der Waals surface area contributed by atoms with Gasteiger partial charge in [0.2, 0.25) is 11.8 Å². The van der Waals surface area contributed by atoms with E-state index >= 15 is 0 Å². The largest absolute Gasteiger partial charge is 0.480 e. The molecule has 1 aliphatic heterocycles. The number of amides is 2. The van der Waals surface area contributed by atoms with Crippen LogP contribution in [0.2, 0.25) is 0 Å². The summed E-state index contributed by atoms with van der Waals surface area (Å²) < 4.78 is 0. The molecule has 1 rings (SSSR count). The Balaban J connectivity index is 2.72. The molecule has 0 spiro atoms. The van der Waals surface area contributed by atoms with E-state index in [0.717, 1.165) is 6.42 Å². The molecular formula is C17H30N2O4. The first-order valence-electron chi connectivity index (χ1n) is 8.40. The molecule has 132 valence electrons. The number of aliphatic carboxylic acids is 1. The van der Waals surface area contributed by atoms with Crippen LogP contribution in [0.5, 0.6) is 0 Å². The number of carboxylic acids is 1. The first kappa shape index (κ1) is 19.5. The van der Waals surface area contributed by atoms with Crippen molar-refractivity contribution in [2.45, 2.75) is 59.9 Å². The van der Waals surface area contributed by atoms with E-state index in [-0.39, 0.29) is 23.7 Å². The molecule has 1 fully saturated rings. The number of carboxylic acid groups (broad SMARTS) is 1. The van der Waals surface area contributed by atoms with Crippen molar-refractivity contribution in [2.24, 2.45) is 17.3 Å². The summed E-state index contributed by atoms with van der Waals surface area (Å²) in [5.74, 6) is -1.70. The molecule has 3 atom stereocenters. The van der Waals surface area contributed by atoms with Gasteiger partial charge in [-0.15, -0.1) is 0 Å². The van der Waals surface area contributed by atoms with Crippen molar-refractivity contribution in [1.82, 2.24) is 10.2 Å². The fourth-order valence-corrected chi connectivity index (χ4v) is 2.80. The van der Waals surface area contributed by atoms with Crippen LogP contribution >= 0.6 is 0 Å². The van der Waals surface area contributed by atoms with Crippen LogP contribution in [0.15, 0.2) is 0 Å². The molecule has 0 saturated carbocycles. The van der Waals surface area contributed by atoms with Crippen LogP contribution in [0, 0.1) is 17.3 Å². The number of carbonyl (C=O) groups excluding carboxylic acids is 2. The molecule has 6 nitrogen and oxygen atoms in total. The molecule has 23 heavy (non-hydrogen) atoms. The highest BCUT2D eigenvalue weighted by Gasteiger charge is 2.35. The molecular weight excluding hydrogens is 296 g/mol. The van der Waals surface area contributed by atoms with Gasteiger partial charge in [0.1, 0.15) is 6.04 Å². The number of hydrogen-bond acceptors (Lipinski definition) is 3. The van der Waals surface area contributed by atoms with Crippen LogP contribution in [-0.2, 0) is 14.4 Å². The molecule has 0 aliphatic carbocycles. The Hall–Kier alpha value is -1.59. The molecule has 1 unspecified atom stereocenters. The summed E-state index contributed by atoms with van der Waals surface area (Å²) in [7, 11) is 0. The Morgan fingerprint density at radius 2 is 1.91 bits per heavy atom. The van der Waals surface area contributed by atoms with Gasteiger partial charge in [-0.05, 0) is 18.8 Å². The van der Waals surface area contributed by atoms with Gasteiger partial charge in [-0.25, -0.2) is 4.79 Å². The Morgan fingerprint density at radius 3 is 2.39 bits per heavy atom. The highest BCUT2D eigenvalue weighted by molar-refractivity contribution is 5.86. The number of hydrogen-bond donors (Lipinski definition) is 2. The maximum Gasteiger partial charge on any atom is 0.326 e. The summed E-state index contributed by atoms with van der Waals surface area (Å²) in [6.45, 7) is 10.3. The topological polar surface area (TPSA) is 86.7 Å². The van der Waals surface area contributed by atoms with Crippen molar-refractivity contribution < 1.29 is 19.5 Å². The predicted molar refractivity (Wildman–Crippen MR) is 87.8 cm³/mol. The molecule has 2 amide bonds. The molecule has 1 aliphatic rings. The monoisotopic (exact) mass is 326 g/mol. The van der Waals surface area contributed by atoms with Crippen molar-refractivity contribution in [3.05, 3.63) is 0 Å². The third kappa shape index (κ3) is 5.22. The Kier molecular flexibility index (Phi) is 6.59.